The first-order chi connectivity index (χ1) is 12.8. The van der Waals surface area contributed by atoms with Gasteiger partial charge in [0.1, 0.15) is 5.82 Å². The van der Waals surface area contributed by atoms with Crippen LogP contribution >= 0.6 is 11.8 Å². The average molecular weight is 375 g/mol. The van der Waals surface area contributed by atoms with Gasteiger partial charge in [-0.05, 0) is 24.8 Å². The van der Waals surface area contributed by atoms with E-state index in [1.54, 1.807) is 0 Å². The van der Waals surface area contributed by atoms with E-state index in [1.165, 1.54) is 17.3 Å². The Balaban J connectivity index is 1.71. The third-order valence-electron chi connectivity index (χ3n) is 4.31. The smallest absolute Gasteiger partial charge is 0.230 e. The van der Waals surface area contributed by atoms with Gasteiger partial charge in [-0.2, -0.15) is 0 Å². The second kappa shape index (κ2) is 9.73. The fourth-order valence-electron chi connectivity index (χ4n) is 2.96. The van der Waals surface area contributed by atoms with Gasteiger partial charge >= 0.3 is 0 Å². The van der Waals surface area contributed by atoms with E-state index < -0.39 is 0 Å². The topological polar surface area (TPSA) is 69.0 Å². The van der Waals surface area contributed by atoms with Crippen LogP contribution in [-0.2, 0) is 22.5 Å². The van der Waals surface area contributed by atoms with Crippen LogP contribution in [0.3, 0.4) is 0 Å². The quantitative estimate of drug-likeness (QED) is 0.684. The standard InChI is InChI=1S/C19H26N4O2S/c1-2-10-20-18(24)14-26-19-22-21-17(12-15-7-4-3-5-8-15)23(19)13-16-9-6-11-25-16/h3-5,7-8,16H,2,6,9-14H2,1H3,(H,20,24)/t16-/m0/s1. The highest BCUT2D eigenvalue weighted by Crippen LogP contribution is 2.22. The van der Waals surface area contributed by atoms with Gasteiger partial charge in [-0.15, -0.1) is 10.2 Å². The van der Waals surface area contributed by atoms with Crippen molar-refractivity contribution in [1.29, 1.82) is 0 Å². The van der Waals surface area contributed by atoms with Crippen LogP contribution in [0.4, 0.5) is 0 Å². The molecule has 2 heterocycles. The first-order valence-corrected chi connectivity index (χ1v) is 10.2. The maximum absolute atomic E-state index is 11.9. The van der Waals surface area contributed by atoms with Crippen molar-refractivity contribution >= 4 is 17.7 Å². The minimum Gasteiger partial charge on any atom is -0.376 e. The monoisotopic (exact) mass is 374 g/mol. The van der Waals surface area contributed by atoms with E-state index >= 15 is 0 Å². The first-order valence-electron chi connectivity index (χ1n) is 9.23. The van der Waals surface area contributed by atoms with Gasteiger partial charge in [0.15, 0.2) is 5.16 Å². The normalized spacial score (nSPS) is 16.7. The van der Waals surface area contributed by atoms with Crippen molar-refractivity contribution in [3.05, 3.63) is 41.7 Å². The average Bonchev–Trinajstić information content (AvgIpc) is 3.30. The lowest BCUT2D eigenvalue weighted by molar-refractivity contribution is -0.118. The van der Waals surface area contributed by atoms with Gasteiger partial charge < -0.3 is 14.6 Å². The highest BCUT2D eigenvalue weighted by Gasteiger charge is 2.21. The van der Waals surface area contributed by atoms with Crippen LogP contribution in [0.5, 0.6) is 0 Å². The highest BCUT2D eigenvalue weighted by molar-refractivity contribution is 7.99. The summed E-state index contributed by atoms with van der Waals surface area (Å²) in [5.74, 6) is 1.31. The van der Waals surface area contributed by atoms with Gasteiger partial charge in [0.25, 0.3) is 0 Å². The molecule has 0 aliphatic carbocycles. The number of carbonyl (C=O) groups is 1. The number of ether oxygens (including phenoxy) is 1. The number of benzene rings is 1. The summed E-state index contributed by atoms with van der Waals surface area (Å²) in [5, 5.41) is 12.4. The number of rotatable bonds is 9. The molecule has 1 aromatic carbocycles. The number of hydrogen-bond donors (Lipinski definition) is 1. The number of thioether (sulfide) groups is 1. The maximum Gasteiger partial charge on any atom is 0.230 e. The van der Waals surface area contributed by atoms with E-state index in [4.69, 9.17) is 4.74 Å². The van der Waals surface area contributed by atoms with Crippen molar-refractivity contribution in [1.82, 2.24) is 20.1 Å². The van der Waals surface area contributed by atoms with Gasteiger partial charge in [0, 0.05) is 19.6 Å². The molecule has 1 N–H and O–H groups in total. The van der Waals surface area contributed by atoms with Crippen LogP contribution in [0.25, 0.3) is 0 Å². The SMILES string of the molecule is CCCNC(=O)CSc1nnc(Cc2ccccc2)n1C[C@@H]1CCCO1. The zero-order chi connectivity index (χ0) is 18.2. The summed E-state index contributed by atoms with van der Waals surface area (Å²) < 4.78 is 7.93. The van der Waals surface area contributed by atoms with Gasteiger partial charge in [0.05, 0.1) is 18.4 Å². The molecule has 1 amide bonds. The Morgan fingerprint density at radius 1 is 1.35 bits per heavy atom. The molecule has 0 saturated carbocycles. The molecule has 1 aliphatic heterocycles. The van der Waals surface area contributed by atoms with Gasteiger partial charge in [-0.1, -0.05) is 49.0 Å². The molecule has 7 heteroatoms. The third kappa shape index (κ3) is 5.32. The fourth-order valence-corrected chi connectivity index (χ4v) is 3.75. The van der Waals surface area contributed by atoms with Gasteiger partial charge in [0.2, 0.25) is 5.91 Å². The van der Waals surface area contributed by atoms with Crippen LogP contribution < -0.4 is 5.32 Å². The lowest BCUT2D eigenvalue weighted by Gasteiger charge is -2.14. The van der Waals surface area contributed by atoms with Crippen molar-refractivity contribution < 1.29 is 9.53 Å². The predicted molar refractivity (Wildman–Crippen MR) is 102 cm³/mol. The highest BCUT2D eigenvalue weighted by atomic mass is 32.2. The second-order valence-corrected chi connectivity index (χ2v) is 7.39. The molecule has 1 aromatic heterocycles. The molecular formula is C19H26N4O2S. The van der Waals surface area contributed by atoms with Crippen molar-refractivity contribution in [2.24, 2.45) is 0 Å². The first kappa shape index (κ1) is 18.9. The molecule has 6 nitrogen and oxygen atoms in total. The Morgan fingerprint density at radius 2 is 2.19 bits per heavy atom. The summed E-state index contributed by atoms with van der Waals surface area (Å²) in [4.78, 5) is 11.9. The number of aromatic nitrogens is 3. The van der Waals surface area contributed by atoms with E-state index in [1.807, 2.05) is 25.1 Å². The zero-order valence-corrected chi connectivity index (χ0v) is 16.0. The molecule has 2 aromatic rings. The van der Waals surface area contributed by atoms with Crippen molar-refractivity contribution in [2.45, 2.75) is 50.4 Å². The van der Waals surface area contributed by atoms with E-state index in [0.717, 1.165) is 49.8 Å². The van der Waals surface area contributed by atoms with E-state index in [2.05, 4.69) is 32.2 Å². The molecule has 1 fully saturated rings. The van der Waals surface area contributed by atoms with Crippen LogP contribution in [-0.4, -0.2) is 45.7 Å². The molecule has 0 spiro atoms. The minimum absolute atomic E-state index is 0.0353. The van der Waals surface area contributed by atoms with Crippen LogP contribution in [0.2, 0.25) is 0 Å². The van der Waals surface area contributed by atoms with Crippen LogP contribution in [0.1, 0.15) is 37.6 Å². The molecule has 0 radical (unpaired) electrons. The summed E-state index contributed by atoms with van der Waals surface area (Å²) >= 11 is 1.44. The molecule has 3 rings (SSSR count). The maximum atomic E-state index is 11.9. The zero-order valence-electron chi connectivity index (χ0n) is 15.2. The van der Waals surface area contributed by atoms with E-state index in [0.29, 0.717) is 12.3 Å². The molecule has 1 saturated heterocycles. The van der Waals surface area contributed by atoms with Crippen molar-refractivity contribution in [3.8, 4) is 0 Å². The molecule has 26 heavy (non-hydrogen) atoms. The predicted octanol–water partition coefficient (Wildman–Crippen LogP) is 2.67. The molecule has 0 unspecified atom stereocenters. The number of nitrogens with zero attached hydrogens (tertiary/aromatic N) is 3. The minimum atomic E-state index is 0.0353. The summed E-state index contributed by atoms with van der Waals surface area (Å²) in [6.45, 7) is 4.32. The number of amides is 1. The number of carbonyl (C=O) groups excluding carboxylic acids is 1. The summed E-state index contributed by atoms with van der Waals surface area (Å²) in [6.07, 6.45) is 4.02. The lowest BCUT2D eigenvalue weighted by Crippen LogP contribution is -2.26. The van der Waals surface area contributed by atoms with Crippen LogP contribution in [0.15, 0.2) is 35.5 Å². The van der Waals surface area contributed by atoms with Crippen LogP contribution in [0, 0.1) is 0 Å². The largest absolute Gasteiger partial charge is 0.376 e. The fraction of sp³-hybridized carbons (Fsp3) is 0.526. The van der Waals surface area contributed by atoms with Gasteiger partial charge in [-0.3, -0.25) is 4.79 Å². The molecule has 1 aliphatic rings. The molecular weight excluding hydrogens is 348 g/mol. The van der Waals surface area contributed by atoms with Crippen molar-refractivity contribution in [2.75, 3.05) is 18.9 Å². The Labute approximate surface area is 158 Å². The number of nitrogens with one attached hydrogen (secondary N) is 1. The molecule has 140 valence electrons. The summed E-state index contributed by atoms with van der Waals surface area (Å²) in [6, 6.07) is 10.3. The summed E-state index contributed by atoms with van der Waals surface area (Å²) in [7, 11) is 0. The van der Waals surface area contributed by atoms with E-state index in [9.17, 15) is 4.79 Å². The Bertz CT molecular complexity index is 699. The van der Waals surface area contributed by atoms with E-state index in [-0.39, 0.29) is 12.0 Å². The Hall–Kier alpha value is -1.86. The second-order valence-electron chi connectivity index (χ2n) is 6.45. The number of hydrogen-bond acceptors (Lipinski definition) is 5. The third-order valence-corrected chi connectivity index (χ3v) is 5.28. The lowest BCUT2D eigenvalue weighted by atomic mass is 10.1. The Kier molecular flexibility index (Phi) is 7.08. The van der Waals surface area contributed by atoms with Crippen molar-refractivity contribution in [3.63, 3.8) is 0 Å². The Morgan fingerprint density at radius 3 is 2.92 bits per heavy atom. The molecule has 1 atom stereocenters. The summed E-state index contributed by atoms with van der Waals surface area (Å²) in [5.41, 5.74) is 1.20. The van der Waals surface area contributed by atoms with Gasteiger partial charge in [-0.25, -0.2) is 0 Å². The molecule has 0 bridgehead atoms.